The number of imidazole rings is 1. The maximum atomic E-state index is 4.35. The van der Waals surface area contributed by atoms with Gasteiger partial charge in [0.25, 0.3) is 0 Å². The highest BCUT2D eigenvalue weighted by Gasteiger charge is 2.05. The number of nitrogens with zero attached hydrogens (tertiary/aromatic N) is 3. The third-order valence-corrected chi connectivity index (χ3v) is 3.45. The van der Waals surface area contributed by atoms with Crippen molar-refractivity contribution in [2.45, 2.75) is 6.54 Å². The average molecular weight is 288 g/mol. The molecule has 3 nitrogen and oxygen atoms in total. The van der Waals surface area contributed by atoms with Crippen LogP contribution in [-0.2, 0) is 6.54 Å². The number of halogens is 1. The fraction of sp³-hybridized carbons (Fsp3) is 0.0769. The van der Waals surface area contributed by atoms with Crippen LogP contribution in [0.2, 0.25) is 0 Å². The second-order valence-corrected chi connectivity index (χ2v) is 4.66. The van der Waals surface area contributed by atoms with E-state index in [1.54, 1.807) is 6.20 Å². The van der Waals surface area contributed by atoms with Gasteiger partial charge in [-0.2, -0.15) is 0 Å². The highest BCUT2D eigenvalue weighted by Crippen LogP contribution is 2.18. The van der Waals surface area contributed by atoms with E-state index in [9.17, 15) is 0 Å². The van der Waals surface area contributed by atoms with Gasteiger partial charge in [0, 0.05) is 10.7 Å². The largest absolute Gasteiger partial charge is 0.311 e. The van der Waals surface area contributed by atoms with Crippen LogP contribution in [0.1, 0.15) is 5.56 Å². The van der Waals surface area contributed by atoms with Crippen molar-refractivity contribution in [2.24, 2.45) is 0 Å². The molecule has 1 aromatic carbocycles. The molecular formula is C13H10BrN3. The smallest absolute Gasteiger partial charge is 0.160 e. The Bertz CT molecular complexity index is 660. The van der Waals surface area contributed by atoms with Gasteiger partial charge in [-0.3, -0.25) is 0 Å². The van der Waals surface area contributed by atoms with Crippen LogP contribution in [0.3, 0.4) is 0 Å². The molecule has 4 heteroatoms. The number of pyridine rings is 1. The lowest BCUT2D eigenvalue weighted by atomic mass is 10.2. The number of fused-ring (bicyclic) bond motifs is 1. The predicted molar refractivity (Wildman–Crippen MR) is 70.8 cm³/mol. The highest BCUT2D eigenvalue weighted by atomic mass is 79.9. The fourth-order valence-corrected chi connectivity index (χ4v) is 2.23. The normalized spacial score (nSPS) is 10.9. The zero-order valence-electron chi connectivity index (χ0n) is 9.05. The quantitative estimate of drug-likeness (QED) is 0.724. The minimum absolute atomic E-state index is 0.773. The Morgan fingerprint density at radius 1 is 1.06 bits per heavy atom. The lowest BCUT2D eigenvalue weighted by molar-refractivity contribution is 0.811. The van der Waals surface area contributed by atoms with Crippen LogP contribution >= 0.6 is 15.9 Å². The molecule has 0 unspecified atom stereocenters. The molecule has 0 N–H and O–H groups in total. The van der Waals surface area contributed by atoms with Gasteiger partial charge in [-0.15, -0.1) is 0 Å². The van der Waals surface area contributed by atoms with E-state index in [4.69, 9.17) is 0 Å². The van der Waals surface area contributed by atoms with Crippen LogP contribution in [0.15, 0.2) is 53.4 Å². The molecule has 17 heavy (non-hydrogen) atoms. The summed E-state index contributed by atoms with van der Waals surface area (Å²) >= 11 is 3.55. The molecule has 3 aromatic rings. The second kappa shape index (κ2) is 4.30. The Hall–Kier alpha value is -1.68. The van der Waals surface area contributed by atoms with E-state index in [1.165, 1.54) is 5.56 Å². The van der Waals surface area contributed by atoms with Crippen molar-refractivity contribution in [1.82, 2.24) is 14.5 Å². The summed E-state index contributed by atoms with van der Waals surface area (Å²) in [4.78, 5) is 8.68. The Morgan fingerprint density at radius 3 is 2.82 bits per heavy atom. The van der Waals surface area contributed by atoms with Crippen LogP contribution in [0.5, 0.6) is 0 Å². The fourth-order valence-electron chi connectivity index (χ4n) is 1.82. The van der Waals surface area contributed by atoms with Crippen molar-refractivity contribution >= 4 is 27.1 Å². The highest BCUT2D eigenvalue weighted by molar-refractivity contribution is 9.10. The summed E-state index contributed by atoms with van der Waals surface area (Å²) in [5, 5.41) is 0. The average Bonchev–Trinajstić information content (AvgIpc) is 2.76. The molecule has 0 aliphatic heterocycles. The SMILES string of the molecule is Brc1ccccc1Cn1cnc2cccnc21. The number of hydrogen-bond donors (Lipinski definition) is 0. The number of aromatic nitrogens is 3. The molecule has 0 radical (unpaired) electrons. The molecule has 3 rings (SSSR count). The first-order chi connectivity index (χ1) is 8.34. The Balaban J connectivity index is 2.03. The van der Waals surface area contributed by atoms with E-state index in [0.29, 0.717) is 0 Å². The number of hydrogen-bond acceptors (Lipinski definition) is 2. The molecule has 2 aromatic heterocycles. The molecule has 0 aliphatic carbocycles. The van der Waals surface area contributed by atoms with Crippen LogP contribution in [0.25, 0.3) is 11.2 Å². The summed E-state index contributed by atoms with van der Waals surface area (Å²) in [6.45, 7) is 0.773. The van der Waals surface area contributed by atoms with Crippen LogP contribution in [-0.4, -0.2) is 14.5 Å². The van der Waals surface area contributed by atoms with Crippen LogP contribution in [0.4, 0.5) is 0 Å². The van der Waals surface area contributed by atoms with Crippen molar-refractivity contribution in [1.29, 1.82) is 0 Å². The first kappa shape index (κ1) is 10.5. The summed E-state index contributed by atoms with van der Waals surface area (Å²) in [6.07, 6.45) is 3.62. The number of rotatable bonds is 2. The third kappa shape index (κ3) is 1.96. The predicted octanol–water partition coefficient (Wildman–Crippen LogP) is 3.24. The number of benzene rings is 1. The first-order valence-electron chi connectivity index (χ1n) is 5.34. The standard InChI is InChI=1S/C13H10BrN3/c14-11-5-2-1-4-10(11)8-17-9-16-12-6-3-7-15-13(12)17/h1-7,9H,8H2. The maximum Gasteiger partial charge on any atom is 0.160 e. The van der Waals surface area contributed by atoms with E-state index in [2.05, 4.69) is 36.5 Å². The van der Waals surface area contributed by atoms with Gasteiger partial charge in [0.05, 0.1) is 12.9 Å². The lowest BCUT2D eigenvalue weighted by Crippen LogP contribution is -1.99. The summed E-state index contributed by atoms with van der Waals surface area (Å²) in [5.74, 6) is 0. The van der Waals surface area contributed by atoms with Crippen LogP contribution < -0.4 is 0 Å². The van der Waals surface area contributed by atoms with Gasteiger partial charge in [0.2, 0.25) is 0 Å². The zero-order chi connectivity index (χ0) is 11.7. The van der Waals surface area contributed by atoms with Gasteiger partial charge in [-0.1, -0.05) is 34.1 Å². The zero-order valence-corrected chi connectivity index (χ0v) is 10.6. The van der Waals surface area contributed by atoms with Gasteiger partial charge in [0.1, 0.15) is 5.52 Å². The lowest BCUT2D eigenvalue weighted by Gasteiger charge is -2.05. The van der Waals surface area contributed by atoms with Crippen molar-refractivity contribution in [3.05, 3.63) is 59.0 Å². The molecular weight excluding hydrogens is 278 g/mol. The summed E-state index contributed by atoms with van der Waals surface area (Å²) in [5.41, 5.74) is 3.07. The molecule has 0 saturated carbocycles. The summed E-state index contributed by atoms with van der Waals surface area (Å²) in [7, 11) is 0. The summed E-state index contributed by atoms with van der Waals surface area (Å²) < 4.78 is 3.16. The van der Waals surface area contributed by atoms with E-state index in [1.807, 2.05) is 36.7 Å². The van der Waals surface area contributed by atoms with Crippen molar-refractivity contribution in [2.75, 3.05) is 0 Å². The third-order valence-electron chi connectivity index (χ3n) is 2.67. The molecule has 0 spiro atoms. The molecule has 0 aliphatic rings. The van der Waals surface area contributed by atoms with Gasteiger partial charge < -0.3 is 4.57 Å². The molecule has 2 heterocycles. The van der Waals surface area contributed by atoms with E-state index in [-0.39, 0.29) is 0 Å². The Morgan fingerprint density at radius 2 is 1.94 bits per heavy atom. The van der Waals surface area contributed by atoms with Gasteiger partial charge in [-0.05, 0) is 23.8 Å². The molecule has 84 valence electrons. The van der Waals surface area contributed by atoms with Crippen molar-refractivity contribution in [3.8, 4) is 0 Å². The van der Waals surface area contributed by atoms with E-state index < -0.39 is 0 Å². The minimum Gasteiger partial charge on any atom is -0.311 e. The molecule has 0 bridgehead atoms. The van der Waals surface area contributed by atoms with Gasteiger partial charge in [0.15, 0.2) is 5.65 Å². The van der Waals surface area contributed by atoms with Gasteiger partial charge in [-0.25, -0.2) is 9.97 Å². The molecule has 0 amide bonds. The second-order valence-electron chi connectivity index (χ2n) is 3.81. The van der Waals surface area contributed by atoms with E-state index >= 15 is 0 Å². The van der Waals surface area contributed by atoms with Crippen molar-refractivity contribution in [3.63, 3.8) is 0 Å². The Kier molecular flexibility index (Phi) is 2.65. The van der Waals surface area contributed by atoms with E-state index in [0.717, 1.165) is 22.2 Å². The molecule has 0 fully saturated rings. The monoisotopic (exact) mass is 287 g/mol. The van der Waals surface area contributed by atoms with Crippen molar-refractivity contribution < 1.29 is 0 Å². The van der Waals surface area contributed by atoms with Gasteiger partial charge >= 0.3 is 0 Å². The van der Waals surface area contributed by atoms with Crippen LogP contribution in [0, 0.1) is 0 Å². The topological polar surface area (TPSA) is 30.7 Å². The molecule has 0 saturated heterocycles. The maximum absolute atomic E-state index is 4.35. The Labute approximate surface area is 107 Å². The minimum atomic E-state index is 0.773. The summed E-state index contributed by atoms with van der Waals surface area (Å²) in [6, 6.07) is 12.1. The first-order valence-corrected chi connectivity index (χ1v) is 6.13. The molecule has 0 atom stereocenters.